The van der Waals surface area contributed by atoms with Crippen LogP contribution in [0.3, 0.4) is 0 Å². The van der Waals surface area contributed by atoms with Crippen LogP contribution in [-0.4, -0.2) is 36.2 Å². The highest BCUT2D eigenvalue weighted by molar-refractivity contribution is 5.34. The van der Waals surface area contributed by atoms with Gasteiger partial charge in [-0.05, 0) is 7.05 Å². The minimum Gasteiger partial charge on any atom is -0.481 e. The highest BCUT2D eigenvalue weighted by Gasteiger charge is 2.25. The van der Waals surface area contributed by atoms with Gasteiger partial charge in [0.15, 0.2) is 0 Å². The smallest absolute Gasteiger partial charge is 0.319 e. The molecule has 1 aromatic rings. The van der Waals surface area contributed by atoms with Crippen molar-refractivity contribution in [1.82, 2.24) is 20.4 Å². The predicted molar refractivity (Wildman–Crippen MR) is 53.4 cm³/mol. The fourth-order valence-electron chi connectivity index (χ4n) is 1.62. The molecular formula is C9H14N4O2. The number of hydrazine groups is 1. The summed E-state index contributed by atoms with van der Waals surface area (Å²) in [6.45, 7) is 1.49. The van der Waals surface area contributed by atoms with Gasteiger partial charge in [-0.15, -0.1) is 0 Å². The van der Waals surface area contributed by atoms with Crippen molar-refractivity contribution in [3.05, 3.63) is 11.3 Å². The van der Waals surface area contributed by atoms with E-state index in [2.05, 4.69) is 15.4 Å². The predicted octanol–water partition coefficient (Wildman–Crippen LogP) is -0.0562. The Bertz CT molecular complexity index is 369. The Labute approximate surface area is 88.2 Å². The first-order chi connectivity index (χ1) is 7.28. The van der Waals surface area contributed by atoms with Crippen molar-refractivity contribution < 1.29 is 9.47 Å². The second kappa shape index (κ2) is 4.00. The molecular weight excluding hydrogens is 196 g/mol. The van der Waals surface area contributed by atoms with Crippen LogP contribution in [0.2, 0.25) is 0 Å². The molecule has 1 N–H and O–H groups in total. The van der Waals surface area contributed by atoms with Crippen molar-refractivity contribution in [1.29, 1.82) is 0 Å². The molecule has 0 saturated heterocycles. The van der Waals surface area contributed by atoms with Crippen LogP contribution in [0.1, 0.15) is 11.3 Å². The van der Waals surface area contributed by atoms with E-state index in [1.807, 2.05) is 12.1 Å². The van der Waals surface area contributed by atoms with Gasteiger partial charge in [0.25, 0.3) is 0 Å². The third-order valence-electron chi connectivity index (χ3n) is 2.42. The second-order valence-corrected chi connectivity index (χ2v) is 3.22. The van der Waals surface area contributed by atoms with Crippen molar-refractivity contribution in [2.24, 2.45) is 0 Å². The van der Waals surface area contributed by atoms with Crippen LogP contribution in [0.25, 0.3) is 0 Å². The van der Waals surface area contributed by atoms with E-state index in [0.717, 1.165) is 24.3 Å². The lowest BCUT2D eigenvalue weighted by Crippen LogP contribution is -2.29. The van der Waals surface area contributed by atoms with E-state index in [9.17, 15) is 0 Å². The molecule has 0 amide bonds. The van der Waals surface area contributed by atoms with Crippen LogP contribution in [0.5, 0.6) is 11.9 Å². The maximum Gasteiger partial charge on any atom is 0.319 e. The molecule has 6 heteroatoms. The van der Waals surface area contributed by atoms with Crippen molar-refractivity contribution in [3.63, 3.8) is 0 Å². The largest absolute Gasteiger partial charge is 0.481 e. The number of methoxy groups -OCH3 is 2. The Hall–Kier alpha value is -1.40. The molecule has 15 heavy (non-hydrogen) atoms. The molecule has 0 bridgehead atoms. The monoisotopic (exact) mass is 210 g/mol. The molecule has 82 valence electrons. The number of nitrogens with zero attached hydrogens (tertiary/aromatic N) is 3. The molecule has 2 rings (SSSR count). The van der Waals surface area contributed by atoms with Gasteiger partial charge in [-0.1, -0.05) is 0 Å². The molecule has 0 fully saturated rings. The van der Waals surface area contributed by atoms with Crippen LogP contribution in [-0.2, 0) is 13.1 Å². The molecule has 1 aliphatic heterocycles. The quantitative estimate of drug-likeness (QED) is 0.754. The number of rotatable bonds is 3. The molecule has 6 nitrogen and oxygen atoms in total. The summed E-state index contributed by atoms with van der Waals surface area (Å²) in [6, 6.07) is 0.351. The van der Waals surface area contributed by atoms with E-state index in [1.165, 1.54) is 0 Å². The Kier molecular flexibility index (Phi) is 2.70. The lowest BCUT2D eigenvalue weighted by molar-refractivity contribution is 0.209. The van der Waals surface area contributed by atoms with Gasteiger partial charge in [-0.25, -0.2) is 5.01 Å². The Morgan fingerprint density at radius 2 is 2.00 bits per heavy atom. The van der Waals surface area contributed by atoms with Crippen molar-refractivity contribution in [3.8, 4) is 11.9 Å². The minimum atomic E-state index is 0.351. The van der Waals surface area contributed by atoms with E-state index in [1.54, 1.807) is 14.2 Å². The third-order valence-corrected chi connectivity index (χ3v) is 2.42. The maximum atomic E-state index is 5.21. The number of aromatic nitrogens is 2. The summed E-state index contributed by atoms with van der Waals surface area (Å²) in [6.07, 6.45) is 0. The average molecular weight is 210 g/mol. The molecule has 0 atom stereocenters. The zero-order chi connectivity index (χ0) is 10.8. The normalized spacial score (nSPS) is 15.1. The van der Waals surface area contributed by atoms with Crippen LogP contribution in [0.15, 0.2) is 0 Å². The summed E-state index contributed by atoms with van der Waals surface area (Å²) in [7, 11) is 5.03. The number of hydrogen-bond donors (Lipinski definition) is 1. The van der Waals surface area contributed by atoms with Crippen molar-refractivity contribution in [2.75, 3.05) is 21.3 Å². The van der Waals surface area contributed by atoms with Gasteiger partial charge < -0.3 is 9.47 Å². The zero-order valence-electron chi connectivity index (χ0n) is 9.07. The average Bonchev–Trinajstić information content (AvgIpc) is 2.70. The maximum absolute atomic E-state index is 5.21. The molecule has 1 aromatic heterocycles. The van der Waals surface area contributed by atoms with Gasteiger partial charge in [0.2, 0.25) is 5.88 Å². The number of ether oxygens (including phenoxy) is 2. The lowest BCUT2D eigenvalue weighted by atomic mass is 10.3. The molecule has 0 unspecified atom stereocenters. The topological polar surface area (TPSA) is 59.5 Å². The number of nitrogens with one attached hydrogen (secondary N) is 1. The van der Waals surface area contributed by atoms with E-state index in [-0.39, 0.29) is 0 Å². The summed E-state index contributed by atoms with van der Waals surface area (Å²) in [4.78, 5) is 8.42. The van der Waals surface area contributed by atoms with Gasteiger partial charge in [0, 0.05) is 6.54 Å². The summed E-state index contributed by atoms with van der Waals surface area (Å²) in [5, 5.41) is 2.03. The van der Waals surface area contributed by atoms with Gasteiger partial charge in [0.1, 0.15) is 0 Å². The van der Waals surface area contributed by atoms with E-state index >= 15 is 0 Å². The summed E-state index contributed by atoms with van der Waals surface area (Å²) < 4.78 is 10.2. The number of hydrogen-bond acceptors (Lipinski definition) is 6. The van der Waals surface area contributed by atoms with Crippen molar-refractivity contribution >= 4 is 0 Å². The van der Waals surface area contributed by atoms with Gasteiger partial charge in [-0.3, -0.25) is 5.43 Å². The van der Waals surface area contributed by atoms with Crippen LogP contribution in [0.4, 0.5) is 0 Å². The molecule has 0 radical (unpaired) electrons. The Morgan fingerprint density at radius 3 is 2.60 bits per heavy atom. The fraction of sp³-hybridized carbons (Fsp3) is 0.556. The second-order valence-electron chi connectivity index (χ2n) is 3.22. The highest BCUT2D eigenvalue weighted by atomic mass is 16.5. The van der Waals surface area contributed by atoms with Crippen molar-refractivity contribution in [2.45, 2.75) is 13.1 Å². The van der Waals surface area contributed by atoms with E-state index in [0.29, 0.717) is 11.9 Å². The highest BCUT2D eigenvalue weighted by Crippen LogP contribution is 2.28. The van der Waals surface area contributed by atoms with Gasteiger partial charge >= 0.3 is 6.01 Å². The molecule has 1 aliphatic rings. The van der Waals surface area contributed by atoms with Crippen LogP contribution < -0.4 is 14.9 Å². The minimum absolute atomic E-state index is 0.351. The van der Waals surface area contributed by atoms with Gasteiger partial charge in [-0.2, -0.15) is 9.97 Å². The molecule has 0 aromatic carbocycles. The first kappa shape index (κ1) is 10.1. The molecule has 0 aliphatic carbocycles. The summed E-state index contributed by atoms with van der Waals surface area (Å²) in [5.74, 6) is 0.592. The summed E-state index contributed by atoms with van der Waals surface area (Å²) >= 11 is 0. The van der Waals surface area contributed by atoms with Crippen LogP contribution in [0, 0.1) is 0 Å². The Morgan fingerprint density at radius 1 is 1.20 bits per heavy atom. The van der Waals surface area contributed by atoms with E-state index < -0.39 is 0 Å². The van der Waals surface area contributed by atoms with Gasteiger partial charge in [0.05, 0.1) is 32.0 Å². The van der Waals surface area contributed by atoms with Crippen LogP contribution >= 0.6 is 0 Å². The summed E-state index contributed by atoms with van der Waals surface area (Å²) in [5.41, 5.74) is 5.04. The first-order valence-electron chi connectivity index (χ1n) is 4.68. The SMILES string of the molecule is CNN1Cc2nc(OC)nc(OC)c2C1. The molecule has 2 heterocycles. The van der Waals surface area contributed by atoms with E-state index in [4.69, 9.17) is 9.47 Å². The molecule has 0 saturated carbocycles. The molecule has 0 spiro atoms. The first-order valence-corrected chi connectivity index (χ1v) is 4.68. The Balaban J connectivity index is 2.39. The standard InChI is InChI=1S/C9H14N4O2/c1-10-13-4-6-7(5-13)11-9(15-3)12-8(6)14-2/h10H,4-5H2,1-3H3. The zero-order valence-corrected chi connectivity index (χ0v) is 9.07. The number of fused-ring (bicyclic) bond motifs is 1. The lowest BCUT2D eigenvalue weighted by Gasteiger charge is -2.10. The fourth-order valence-corrected chi connectivity index (χ4v) is 1.62. The third kappa shape index (κ3) is 1.73.